The number of benzene rings is 1. The predicted molar refractivity (Wildman–Crippen MR) is 67.4 cm³/mol. The lowest BCUT2D eigenvalue weighted by molar-refractivity contribution is 0.584. The third-order valence-corrected chi connectivity index (χ3v) is 2.54. The van der Waals surface area contributed by atoms with E-state index in [4.69, 9.17) is 0 Å². The molecule has 0 radical (unpaired) electrons. The van der Waals surface area contributed by atoms with Crippen LogP contribution in [0.1, 0.15) is 12.0 Å². The van der Waals surface area contributed by atoms with Crippen molar-refractivity contribution in [1.82, 2.24) is 4.98 Å². The third kappa shape index (κ3) is 3.87. The fraction of sp³-hybridized carbons (Fsp3) is 0.214. The number of nitrogens with one attached hydrogen (secondary N) is 1. The number of rotatable bonds is 5. The van der Waals surface area contributed by atoms with Crippen LogP contribution >= 0.6 is 0 Å². The molecule has 0 aliphatic rings. The minimum Gasteiger partial charge on any atom is -0.384 e. The Morgan fingerprint density at radius 3 is 2.59 bits per heavy atom. The lowest BCUT2D eigenvalue weighted by Crippen LogP contribution is -2.03. The molecule has 17 heavy (non-hydrogen) atoms. The molecule has 0 amide bonds. The lowest BCUT2D eigenvalue weighted by Gasteiger charge is -2.05. The zero-order valence-electron chi connectivity index (χ0n) is 9.57. The maximum atomic E-state index is 12.6. The quantitative estimate of drug-likeness (QED) is 0.630. The van der Waals surface area contributed by atoms with Crippen LogP contribution in [0.5, 0.6) is 0 Å². The summed E-state index contributed by atoms with van der Waals surface area (Å²) in [6.07, 6.45) is 3.60. The SMILES string of the molecule is Fc1ccc(NCCCc2ccccc2)cn1. The van der Waals surface area contributed by atoms with E-state index >= 15 is 0 Å². The van der Waals surface area contributed by atoms with Gasteiger partial charge in [-0.25, -0.2) is 4.98 Å². The van der Waals surface area contributed by atoms with Crippen molar-refractivity contribution in [3.05, 3.63) is 60.2 Å². The molecule has 0 fully saturated rings. The molecule has 0 aliphatic carbocycles. The topological polar surface area (TPSA) is 24.9 Å². The smallest absolute Gasteiger partial charge is 0.212 e. The summed E-state index contributed by atoms with van der Waals surface area (Å²) in [6, 6.07) is 13.4. The molecule has 1 heterocycles. The first kappa shape index (κ1) is 11.6. The molecule has 2 nitrogen and oxygen atoms in total. The van der Waals surface area contributed by atoms with Gasteiger partial charge in [0.2, 0.25) is 5.95 Å². The number of pyridine rings is 1. The first-order valence-electron chi connectivity index (χ1n) is 5.74. The van der Waals surface area contributed by atoms with E-state index in [1.165, 1.54) is 17.8 Å². The number of hydrogen-bond acceptors (Lipinski definition) is 2. The molecule has 0 aliphatic heterocycles. The van der Waals surface area contributed by atoms with E-state index in [0.717, 1.165) is 25.1 Å². The molecule has 0 saturated carbocycles. The van der Waals surface area contributed by atoms with Crippen LogP contribution in [0.3, 0.4) is 0 Å². The molecule has 88 valence electrons. The Labute approximate surface area is 101 Å². The van der Waals surface area contributed by atoms with Gasteiger partial charge in [0.1, 0.15) is 0 Å². The summed E-state index contributed by atoms with van der Waals surface area (Å²) in [5.41, 5.74) is 2.20. The Balaban J connectivity index is 1.71. The van der Waals surface area contributed by atoms with Crippen LogP contribution in [0.4, 0.5) is 10.1 Å². The highest BCUT2D eigenvalue weighted by atomic mass is 19.1. The summed E-state index contributed by atoms with van der Waals surface area (Å²) >= 11 is 0. The number of nitrogens with zero attached hydrogens (tertiary/aromatic N) is 1. The summed E-state index contributed by atoms with van der Waals surface area (Å²) in [5.74, 6) is -0.445. The van der Waals surface area contributed by atoms with Gasteiger partial charge in [-0.05, 0) is 30.5 Å². The predicted octanol–water partition coefficient (Wildman–Crippen LogP) is 3.27. The van der Waals surface area contributed by atoms with Crippen LogP contribution in [0.15, 0.2) is 48.7 Å². The normalized spacial score (nSPS) is 10.2. The molecule has 2 rings (SSSR count). The van der Waals surface area contributed by atoms with E-state index in [9.17, 15) is 4.39 Å². The Kier molecular flexibility index (Phi) is 4.08. The minimum atomic E-state index is -0.445. The van der Waals surface area contributed by atoms with Crippen LogP contribution in [0.2, 0.25) is 0 Å². The molecule has 0 unspecified atom stereocenters. The molecule has 1 aromatic carbocycles. The molecule has 3 heteroatoms. The number of aryl methyl sites for hydroxylation is 1. The Morgan fingerprint density at radius 1 is 1.06 bits per heavy atom. The molecule has 1 N–H and O–H groups in total. The van der Waals surface area contributed by atoms with E-state index in [1.807, 2.05) is 18.2 Å². The van der Waals surface area contributed by atoms with Gasteiger partial charge in [-0.1, -0.05) is 30.3 Å². The maximum absolute atomic E-state index is 12.6. The van der Waals surface area contributed by atoms with Crippen molar-refractivity contribution < 1.29 is 4.39 Å². The monoisotopic (exact) mass is 230 g/mol. The Bertz CT molecular complexity index is 440. The van der Waals surface area contributed by atoms with Crippen molar-refractivity contribution in [3.63, 3.8) is 0 Å². The largest absolute Gasteiger partial charge is 0.384 e. The molecule has 0 spiro atoms. The highest BCUT2D eigenvalue weighted by molar-refractivity contribution is 5.39. The van der Waals surface area contributed by atoms with Crippen molar-refractivity contribution in [3.8, 4) is 0 Å². The van der Waals surface area contributed by atoms with Crippen molar-refractivity contribution in [2.75, 3.05) is 11.9 Å². The second-order valence-electron chi connectivity index (χ2n) is 3.89. The number of halogens is 1. The fourth-order valence-corrected chi connectivity index (χ4v) is 1.65. The van der Waals surface area contributed by atoms with Crippen molar-refractivity contribution in [2.45, 2.75) is 12.8 Å². The van der Waals surface area contributed by atoms with E-state index < -0.39 is 5.95 Å². The zero-order chi connectivity index (χ0) is 11.9. The molecule has 2 aromatic rings. The molecule has 1 aromatic heterocycles. The average Bonchev–Trinajstić information content (AvgIpc) is 2.38. The van der Waals surface area contributed by atoms with Crippen molar-refractivity contribution in [2.24, 2.45) is 0 Å². The number of aromatic nitrogens is 1. The summed E-state index contributed by atoms with van der Waals surface area (Å²) in [7, 11) is 0. The average molecular weight is 230 g/mol. The second kappa shape index (κ2) is 5.99. The van der Waals surface area contributed by atoms with Crippen LogP contribution in [0, 0.1) is 5.95 Å². The fourth-order valence-electron chi connectivity index (χ4n) is 1.65. The van der Waals surface area contributed by atoms with Gasteiger partial charge >= 0.3 is 0 Å². The van der Waals surface area contributed by atoms with Gasteiger partial charge in [0.05, 0.1) is 11.9 Å². The Hall–Kier alpha value is -1.90. The molecule has 0 saturated heterocycles. The van der Waals surface area contributed by atoms with Crippen LogP contribution in [0.25, 0.3) is 0 Å². The van der Waals surface area contributed by atoms with Crippen molar-refractivity contribution in [1.29, 1.82) is 0 Å². The highest BCUT2D eigenvalue weighted by Crippen LogP contribution is 2.06. The third-order valence-electron chi connectivity index (χ3n) is 2.54. The van der Waals surface area contributed by atoms with E-state index in [2.05, 4.69) is 22.4 Å². The van der Waals surface area contributed by atoms with Gasteiger partial charge in [0.25, 0.3) is 0 Å². The van der Waals surface area contributed by atoms with Crippen LogP contribution < -0.4 is 5.32 Å². The first-order chi connectivity index (χ1) is 8.34. The van der Waals surface area contributed by atoms with Gasteiger partial charge < -0.3 is 5.32 Å². The zero-order valence-corrected chi connectivity index (χ0v) is 9.57. The second-order valence-corrected chi connectivity index (χ2v) is 3.89. The van der Waals surface area contributed by atoms with Gasteiger partial charge in [-0.3, -0.25) is 0 Å². The summed E-state index contributed by atoms with van der Waals surface area (Å²) in [5, 5.41) is 3.21. The standard InChI is InChI=1S/C14H15FN2/c15-14-9-8-13(11-17-14)16-10-4-7-12-5-2-1-3-6-12/h1-3,5-6,8-9,11,16H,4,7,10H2. The highest BCUT2D eigenvalue weighted by Gasteiger charge is 1.95. The van der Waals surface area contributed by atoms with Crippen molar-refractivity contribution >= 4 is 5.69 Å². The first-order valence-corrected chi connectivity index (χ1v) is 5.74. The maximum Gasteiger partial charge on any atom is 0.212 e. The lowest BCUT2D eigenvalue weighted by atomic mass is 10.1. The molecule has 0 atom stereocenters. The molecular weight excluding hydrogens is 215 g/mol. The van der Waals surface area contributed by atoms with E-state index in [0.29, 0.717) is 0 Å². The summed E-state index contributed by atoms with van der Waals surface area (Å²) < 4.78 is 12.6. The van der Waals surface area contributed by atoms with E-state index in [-0.39, 0.29) is 0 Å². The minimum absolute atomic E-state index is 0.445. The van der Waals surface area contributed by atoms with Gasteiger partial charge in [0.15, 0.2) is 0 Å². The number of anilines is 1. The summed E-state index contributed by atoms with van der Waals surface area (Å²) in [4.78, 5) is 3.59. The van der Waals surface area contributed by atoms with Gasteiger partial charge in [0, 0.05) is 6.54 Å². The Morgan fingerprint density at radius 2 is 1.88 bits per heavy atom. The van der Waals surface area contributed by atoms with Crippen LogP contribution in [-0.4, -0.2) is 11.5 Å². The molecule has 0 bridgehead atoms. The molecular formula is C14H15FN2. The van der Waals surface area contributed by atoms with Gasteiger partial charge in [-0.15, -0.1) is 0 Å². The van der Waals surface area contributed by atoms with E-state index in [1.54, 1.807) is 6.07 Å². The summed E-state index contributed by atoms with van der Waals surface area (Å²) in [6.45, 7) is 0.863. The number of hydrogen-bond donors (Lipinski definition) is 1. The van der Waals surface area contributed by atoms with Crippen LogP contribution in [-0.2, 0) is 6.42 Å². The van der Waals surface area contributed by atoms with Gasteiger partial charge in [-0.2, -0.15) is 4.39 Å².